The van der Waals surface area contributed by atoms with Crippen LogP contribution in [0, 0.1) is 44.4 Å². The standard InChI is InChI=1S/C57H48N4/c1-34-11-15-39(16-12-34)54-59-55(40-17-13-35(2)14-18-40)61-56(60-54)45-30-43(29-44(31-45)48-9-5-4-8-36(48)3)41-19-21-49-50-32-42(53-10-6-7-23-58-53)20-22-51(50)57(52(49)33-41)46-25-37-24-38(27-46)28-47(57)26-37/h4-23,29-33,37-38,46-47H,24-28H2,1-3H3. The van der Waals surface area contributed by atoms with Crippen LogP contribution in [0.25, 0.3) is 78.8 Å². The molecule has 8 aromatic rings. The zero-order chi connectivity index (χ0) is 40.8. The Morgan fingerprint density at radius 2 is 0.984 bits per heavy atom. The molecule has 4 heteroatoms. The van der Waals surface area contributed by atoms with E-state index in [2.05, 4.69) is 160 Å². The van der Waals surface area contributed by atoms with Gasteiger partial charge in [-0.25, -0.2) is 15.0 Å². The van der Waals surface area contributed by atoms with Crippen molar-refractivity contribution < 1.29 is 0 Å². The van der Waals surface area contributed by atoms with Crippen molar-refractivity contribution in [2.24, 2.45) is 23.7 Å². The number of aromatic nitrogens is 4. The van der Waals surface area contributed by atoms with Gasteiger partial charge in [0.1, 0.15) is 0 Å². The second-order valence-electron chi connectivity index (χ2n) is 18.6. The Labute approximate surface area is 358 Å². The van der Waals surface area contributed by atoms with Crippen LogP contribution in [0.4, 0.5) is 0 Å². The molecule has 4 fully saturated rings. The van der Waals surface area contributed by atoms with Crippen molar-refractivity contribution >= 4 is 0 Å². The van der Waals surface area contributed by atoms with E-state index in [1.54, 1.807) is 11.1 Å². The number of nitrogens with zero attached hydrogens (tertiary/aromatic N) is 4. The summed E-state index contributed by atoms with van der Waals surface area (Å²) >= 11 is 0. The minimum Gasteiger partial charge on any atom is -0.256 e. The smallest absolute Gasteiger partial charge is 0.164 e. The first-order valence-corrected chi connectivity index (χ1v) is 22.2. The first kappa shape index (κ1) is 36.3. The second-order valence-corrected chi connectivity index (χ2v) is 18.6. The topological polar surface area (TPSA) is 51.6 Å². The van der Waals surface area contributed by atoms with E-state index in [1.165, 1.54) is 82.2 Å². The third-order valence-corrected chi connectivity index (χ3v) is 14.8. The summed E-state index contributed by atoms with van der Waals surface area (Å²) in [5.41, 5.74) is 19.5. The predicted octanol–water partition coefficient (Wildman–Crippen LogP) is 13.9. The number of fused-ring (bicyclic) bond motifs is 3. The van der Waals surface area contributed by atoms with E-state index in [-0.39, 0.29) is 5.41 Å². The van der Waals surface area contributed by atoms with Crippen LogP contribution in [-0.2, 0) is 5.41 Å². The minimum absolute atomic E-state index is 0.0350. The van der Waals surface area contributed by atoms with Crippen LogP contribution >= 0.6 is 0 Å². The summed E-state index contributed by atoms with van der Waals surface area (Å²) < 4.78 is 0. The number of rotatable bonds is 6. The maximum atomic E-state index is 5.25. The average Bonchev–Trinajstić information content (AvgIpc) is 3.58. The van der Waals surface area contributed by atoms with E-state index >= 15 is 0 Å². The molecule has 0 radical (unpaired) electrons. The van der Waals surface area contributed by atoms with Crippen LogP contribution < -0.4 is 0 Å². The highest BCUT2D eigenvalue weighted by atomic mass is 15.0. The zero-order valence-electron chi connectivity index (χ0n) is 35.1. The molecule has 4 bridgehead atoms. The highest BCUT2D eigenvalue weighted by Crippen LogP contribution is 2.69. The summed E-state index contributed by atoms with van der Waals surface area (Å²) in [6, 6.07) is 53.6. The molecule has 6 aromatic carbocycles. The van der Waals surface area contributed by atoms with Gasteiger partial charge in [-0.05, 0) is 169 Å². The Hall–Kier alpha value is -6.52. The number of hydrogen-bond acceptors (Lipinski definition) is 4. The Kier molecular flexibility index (Phi) is 8.36. The van der Waals surface area contributed by atoms with Crippen LogP contribution in [0.15, 0.2) is 152 Å². The lowest BCUT2D eigenvalue weighted by Gasteiger charge is -2.61. The molecule has 0 saturated heterocycles. The highest BCUT2D eigenvalue weighted by Gasteiger charge is 2.61. The number of pyridine rings is 1. The van der Waals surface area contributed by atoms with Crippen LogP contribution in [0.2, 0.25) is 0 Å². The minimum atomic E-state index is 0.0350. The normalized spacial score (nSPS) is 21.8. The van der Waals surface area contributed by atoms with Crippen molar-refractivity contribution in [2.45, 2.75) is 58.3 Å². The Morgan fingerprint density at radius 1 is 0.410 bits per heavy atom. The molecule has 61 heavy (non-hydrogen) atoms. The van der Waals surface area contributed by atoms with E-state index in [1.807, 2.05) is 12.3 Å². The molecule has 0 aliphatic heterocycles. The number of benzene rings is 6. The molecule has 1 spiro atoms. The van der Waals surface area contributed by atoms with Crippen LogP contribution in [0.1, 0.15) is 59.9 Å². The van der Waals surface area contributed by atoms with Crippen molar-refractivity contribution in [2.75, 3.05) is 0 Å². The Bertz CT molecular complexity index is 2910. The largest absolute Gasteiger partial charge is 0.256 e. The third kappa shape index (κ3) is 5.94. The maximum absolute atomic E-state index is 5.25. The predicted molar refractivity (Wildman–Crippen MR) is 248 cm³/mol. The van der Waals surface area contributed by atoms with Crippen molar-refractivity contribution in [1.29, 1.82) is 0 Å². The van der Waals surface area contributed by atoms with Gasteiger partial charge >= 0.3 is 0 Å². The maximum Gasteiger partial charge on any atom is 0.164 e. The van der Waals surface area contributed by atoms with Gasteiger partial charge in [-0.15, -0.1) is 0 Å². The second kappa shape index (κ2) is 14.0. The summed E-state index contributed by atoms with van der Waals surface area (Å²) in [7, 11) is 0. The fraction of sp³-hybridized carbons (Fsp3) is 0.228. The lowest BCUT2D eigenvalue weighted by molar-refractivity contribution is -0.0399. The first-order chi connectivity index (χ1) is 29.9. The van der Waals surface area contributed by atoms with Gasteiger partial charge in [0.2, 0.25) is 0 Å². The van der Waals surface area contributed by atoms with Crippen molar-refractivity contribution in [3.63, 3.8) is 0 Å². The van der Waals surface area contributed by atoms with Gasteiger partial charge in [-0.2, -0.15) is 0 Å². The third-order valence-electron chi connectivity index (χ3n) is 14.8. The molecule has 4 saturated carbocycles. The van der Waals surface area contributed by atoms with Gasteiger partial charge < -0.3 is 0 Å². The summed E-state index contributed by atoms with van der Waals surface area (Å²) in [6.07, 6.45) is 8.72. The molecule has 296 valence electrons. The van der Waals surface area contributed by atoms with Gasteiger partial charge in [-0.3, -0.25) is 4.98 Å². The summed E-state index contributed by atoms with van der Waals surface area (Å²) in [5, 5.41) is 0. The summed E-state index contributed by atoms with van der Waals surface area (Å²) in [6.45, 7) is 6.43. The van der Waals surface area contributed by atoms with Gasteiger partial charge in [0.25, 0.3) is 0 Å². The van der Waals surface area contributed by atoms with E-state index in [0.717, 1.165) is 39.8 Å². The van der Waals surface area contributed by atoms with Crippen molar-refractivity contribution in [1.82, 2.24) is 19.9 Å². The van der Waals surface area contributed by atoms with E-state index in [9.17, 15) is 0 Å². The zero-order valence-corrected chi connectivity index (χ0v) is 35.1. The number of hydrogen-bond donors (Lipinski definition) is 0. The summed E-state index contributed by atoms with van der Waals surface area (Å²) in [5.74, 6) is 5.10. The Balaban J connectivity index is 1.06. The molecule has 0 amide bonds. The van der Waals surface area contributed by atoms with Crippen LogP contribution in [0.5, 0.6) is 0 Å². The molecule has 13 rings (SSSR count). The van der Waals surface area contributed by atoms with Crippen LogP contribution in [0.3, 0.4) is 0 Å². The molecular formula is C57H48N4. The van der Waals surface area contributed by atoms with Gasteiger partial charge in [0.05, 0.1) is 5.69 Å². The first-order valence-electron chi connectivity index (χ1n) is 22.2. The molecule has 0 unspecified atom stereocenters. The lowest BCUT2D eigenvalue weighted by atomic mass is 9.43. The lowest BCUT2D eigenvalue weighted by Crippen LogP contribution is -2.55. The molecule has 2 aromatic heterocycles. The fourth-order valence-electron chi connectivity index (χ4n) is 12.2. The highest BCUT2D eigenvalue weighted by molar-refractivity contribution is 5.89. The fourth-order valence-corrected chi connectivity index (χ4v) is 12.2. The SMILES string of the molecule is Cc1ccc(-c2nc(-c3ccc(C)cc3)nc(-c3cc(-c4ccc5c(c4)C4(c6ccc(-c7ccccn7)cc6-5)C5CC6CC(C5)CC4C6)cc(-c4ccccc4C)c3)n2)cc1. The molecule has 0 N–H and O–H groups in total. The van der Waals surface area contributed by atoms with Crippen LogP contribution in [-0.4, -0.2) is 19.9 Å². The van der Waals surface area contributed by atoms with Gasteiger partial charge in [0, 0.05) is 33.9 Å². The van der Waals surface area contributed by atoms with Gasteiger partial charge in [-0.1, -0.05) is 114 Å². The van der Waals surface area contributed by atoms with E-state index in [4.69, 9.17) is 19.9 Å². The molecule has 5 aliphatic carbocycles. The van der Waals surface area contributed by atoms with Gasteiger partial charge in [0.15, 0.2) is 17.5 Å². The quantitative estimate of drug-likeness (QED) is 0.168. The average molecular weight is 789 g/mol. The molecule has 4 nitrogen and oxygen atoms in total. The number of aryl methyl sites for hydroxylation is 3. The monoisotopic (exact) mass is 788 g/mol. The molecule has 5 aliphatic rings. The molecular weight excluding hydrogens is 741 g/mol. The van der Waals surface area contributed by atoms with E-state index in [0.29, 0.717) is 29.3 Å². The molecule has 2 heterocycles. The van der Waals surface area contributed by atoms with E-state index < -0.39 is 0 Å². The Morgan fingerprint density at radius 3 is 1.62 bits per heavy atom. The molecule has 0 atom stereocenters. The van der Waals surface area contributed by atoms with Crippen molar-refractivity contribution in [3.8, 4) is 78.8 Å². The van der Waals surface area contributed by atoms with Crippen molar-refractivity contribution in [3.05, 3.63) is 180 Å². The summed E-state index contributed by atoms with van der Waals surface area (Å²) in [4.78, 5) is 20.3.